The highest BCUT2D eigenvalue weighted by atomic mass is 32.2. The SMILES string of the molecule is Cc1c(CN2CCN(S(C)=O)CC2)sc2c(N3CCOCC3)nc(-c3cccc(CO)c3)cc12.O. The van der Waals surface area contributed by atoms with Crippen LogP contribution >= 0.6 is 11.3 Å². The van der Waals surface area contributed by atoms with Crippen LogP contribution in [0.25, 0.3) is 21.3 Å². The largest absolute Gasteiger partial charge is 0.412 e. The van der Waals surface area contributed by atoms with Gasteiger partial charge in [-0.2, -0.15) is 0 Å². The van der Waals surface area contributed by atoms with E-state index in [1.807, 2.05) is 33.8 Å². The number of aryl methyl sites for hydroxylation is 1. The number of fused-ring (bicyclic) bond motifs is 1. The van der Waals surface area contributed by atoms with Gasteiger partial charge in [0, 0.05) is 67.9 Å². The highest BCUT2D eigenvalue weighted by Crippen LogP contribution is 2.40. The summed E-state index contributed by atoms with van der Waals surface area (Å²) in [4.78, 5) is 11.3. The fraction of sp³-hybridized carbons (Fsp3) is 0.480. The number of aliphatic hydroxyl groups is 1. The molecular formula is C25H34N4O4S2. The quantitative estimate of drug-likeness (QED) is 0.537. The average molecular weight is 519 g/mol. The number of piperazine rings is 1. The second-order valence-electron chi connectivity index (χ2n) is 8.94. The van der Waals surface area contributed by atoms with Gasteiger partial charge in [-0.1, -0.05) is 18.2 Å². The molecule has 3 aromatic rings. The van der Waals surface area contributed by atoms with Crippen LogP contribution in [0.1, 0.15) is 16.0 Å². The first kappa shape index (κ1) is 26.2. The third kappa shape index (κ3) is 5.59. The minimum absolute atomic E-state index is 0. The van der Waals surface area contributed by atoms with Crippen molar-refractivity contribution in [3.63, 3.8) is 0 Å². The standard InChI is InChI=1S/C25H32N4O3S2.H2O/c1-18-21-15-22(20-5-3-4-19(14-20)17-30)26-25(28-10-12-32-13-11-28)24(21)33-23(18)16-27-6-8-29(9-7-27)34(2)31;/h3-5,14-15,30H,6-13,16-17H2,1-2H3;1H2. The Morgan fingerprint density at radius 3 is 2.54 bits per heavy atom. The Morgan fingerprint density at radius 1 is 1.11 bits per heavy atom. The molecule has 0 amide bonds. The number of thiophene rings is 1. The minimum Gasteiger partial charge on any atom is -0.412 e. The number of benzene rings is 1. The van der Waals surface area contributed by atoms with Crippen molar-refractivity contribution in [3.8, 4) is 11.3 Å². The summed E-state index contributed by atoms with van der Waals surface area (Å²) in [5.41, 5.74) is 4.18. The van der Waals surface area contributed by atoms with E-state index in [9.17, 15) is 9.32 Å². The second kappa shape index (κ2) is 11.4. The second-order valence-corrected chi connectivity index (χ2v) is 11.4. The number of hydrogen-bond donors (Lipinski definition) is 1. The van der Waals surface area contributed by atoms with Gasteiger partial charge in [-0.15, -0.1) is 11.3 Å². The molecule has 190 valence electrons. The van der Waals surface area contributed by atoms with Crippen molar-refractivity contribution in [1.29, 1.82) is 0 Å². The lowest BCUT2D eigenvalue weighted by atomic mass is 10.0. The van der Waals surface area contributed by atoms with Crippen molar-refractivity contribution in [2.24, 2.45) is 0 Å². The van der Waals surface area contributed by atoms with Crippen LogP contribution in [0.5, 0.6) is 0 Å². The highest BCUT2D eigenvalue weighted by Gasteiger charge is 2.24. The molecule has 1 aromatic carbocycles. The zero-order valence-corrected chi connectivity index (χ0v) is 22.0. The van der Waals surface area contributed by atoms with Crippen LogP contribution in [-0.4, -0.2) is 87.7 Å². The molecule has 0 bridgehead atoms. The van der Waals surface area contributed by atoms with Gasteiger partial charge in [0.05, 0.1) is 41.2 Å². The van der Waals surface area contributed by atoms with E-state index >= 15 is 0 Å². The Hall–Kier alpha value is -1.92. The highest BCUT2D eigenvalue weighted by molar-refractivity contribution is 7.81. The molecule has 3 N–H and O–H groups in total. The Balaban J connectivity index is 0.00000289. The Labute approximate surface area is 213 Å². The predicted octanol–water partition coefficient (Wildman–Crippen LogP) is 2.19. The molecule has 35 heavy (non-hydrogen) atoms. The van der Waals surface area contributed by atoms with Crippen molar-refractivity contribution >= 4 is 38.2 Å². The maximum Gasteiger partial charge on any atom is 0.147 e. The number of anilines is 1. The lowest BCUT2D eigenvalue weighted by Crippen LogP contribution is -2.46. The molecule has 0 spiro atoms. The van der Waals surface area contributed by atoms with Crippen LogP contribution in [-0.2, 0) is 28.9 Å². The Kier molecular flexibility index (Phi) is 8.54. The summed E-state index contributed by atoms with van der Waals surface area (Å²) in [5, 5.41) is 10.9. The third-order valence-electron chi connectivity index (χ3n) is 6.78. The van der Waals surface area contributed by atoms with Crippen molar-refractivity contribution in [2.75, 3.05) is 63.6 Å². The zero-order chi connectivity index (χ0) is 23.7. The number of morpholine rings is 1. The molecule has 2 saturated heterocycles. The normalized spacial score (nSPS) is 18.5. The van der Waals surface area contributed by atoms with Crippen LogP contribution in [0.4, 0.5) is 5.82 Å². The van der Waals surface area contributed by atoms with Crippen LogP contribution in [0, 0.1) is 6.92 Å². The number of hydrogen-bond acceptors (Lipinski definition) is 7. The van der Waals surface area contributed by atoms with Gasteiger partial charge in [-0.3, -0.25) is 4.90 Å². The number of nitrogens with zero attached hydrogens (tertiary/aromatic N) is 4. The number of rotatable bonds is 6. The molecule has 0 saturated carbocycles. The number of aromatic nitrogens is 1. The van der Waals surface area contributed by atoms with Gasteiger partial charge in [0.2, 0.25) is 0 Å². The molecule has 1 atom stereocenters. The molecular weight excluding hydrogens is 484 g/mol. The minimum atomic E-state index is -0.890. The summed E-state index contributed by atoms with van der Waals surface area (Å²) in [6.07, 6.45) is 1.76. The third-order valence-corrected chi connectivity index (χ3v) is 9.16. The first-order chi connectivity index (χ1) is 16.5. The summed E-state index contributed by atoms with van der Waals surface area (Å²) in [6, 6.07) is 10.2. The first-order valence-electron chi connectivity index (χ1n) is 11.8. The Bertz CT molecular complexity index is 1190. The molecule has 8 nitrogen and oxygen atoms in total. The molecule has 2 fully saturated rings. The topological polar surface area (TPSA) is 101 Å². The molecule has 2 aromatic heterocycles. The molecule has 4 heterocycles. The Morgan fingerprint density at radius 2 is 1.86 bits per heavy atom. The maximum atomic E-state index is 11.8. The van der Waals surface area contributed by atoms with E-state index in [2.05, 4.69) is 28.9 Å². The summed E-state index contributed by atoms with van der Waals surface area (Å²) >= 11 is 1.86. The summed E-state index contributed by atoms with van der Waals surface area (Å²) in [7, 11) is -0.890. The van der Waals surface area contributed by atoms with Gasteiger partial charge in [0.1, 0.15) is 5.82 Å². The lowest BCUT2D eigenvalue weighted by Gasteiger charge is -2.32. The number of aliphatic hydroxyl groups excluding tert-OH is 1. The molecule has 2 aliphatic heterocycles. The van der Waals surface area contributed by atoms with Gasteiger partial charge in [0.25, 0.3) is 0 Å². The predicted molar refractivity (Wildman–Crippen MR) is 143 cm³/mol. The van der Waals surface area contributed by atoms with E-state index in [1.165, 1.54) is 20.5 Å². The molecule has 2 aliphatic rings. The van der Waals surface area contributed by atoms with E-state index in [0.717, 1.165) is 68.5 Å². The monoisotopic (exact) mass is 518 g/mol. The molecule has 0 radical (unpaired) electrons. The molecule has 1 unspecified atom stereocenters. The van der Waals surface area contributed by atoms with E-state index in [1.54, 1.807) is 6.26 Å². The van der Waals surface area contributed by atoms with E-state index in [4.69, 9.17) is 9.72 Å². The van der Waals surface area contributed by atoms with Crippen LogP contribution in [0.2, 0.25) is 0 Å². The molecule has 10 heteroatoms. The smallest absolute Gasteiger partial charge is 0.147 e. The zero-order valence-electron chi connectivity index (χ0n) is 20.3. The summed E-state index contributed by atoms with van der Waals surface area (Å²) in [5.74, 6) is 1.04. The fourth-order valence-electron chi connectivity index (χ4n) is 4.71. The van der Waals surface area contributed by atoms with Gasteiger partial charge >= 0.3 is 0 Å². The molecule has 0 aliphatic carbocycles. The van der Waals surface area contributed by atoms with E-state index < -0.39 is 11.0 Å². The van der Waals surface area contributed by atoms with E-state index in [0.29, 0.717) is 13.2 Å². The number of pyridine rings is 1. The van der Waals surface area contributed by atoms with Crippen LogP contribution in [0.15, 0.2) is 30.3 Å². The van der Waals surface area contributed by atoms with Crippen molar-refractivity contribution in [3.05, 3.63) is 46.3 Å². The molecule has 5 rings (SSSR count). The van der Waals surface area contributed by atoms with E-state index in [-0.39, 0.29) is 12.1 Å². The lowest BCUT2D eigenvalue weighted by molar-refractivity contribution is 0.122. The van der Waals surface area contributed by atoms with Gasteiger partial charge < -0.3 is 20.2 Å². The fourth-order valence-corrected chi connectivity index (χ4v) is 6.74. The number of ether oxygens (including phenoxy) is 1. The van der Waals surface area contributed by atoms with Crippen molar-refractivity contribution in [2.45, 2.75) is 20.1 Å². The van der Waals surface area contributed by atoms with Crippen LogP contribution < -0.4 is 4.90 Å². The average Bonchev–Trinajstić information content (AvgIpc) is 3.19. The van der Waals surface area contributed by atoms with Gasteiger partial charge in [0.15, 0.2) is 0 Å². The summed E-state index contributed by atoms with van der Waals surface area (Å²) in [6.45, 7) is 9.82. The maximum absolute atomic E-state index is 11.8. The van der Waals surface area contributed by atoms with Crippen molar-refractivity contribution < 1.29 is 19.5 Å². The summed E-state index contributed by atoms with van der Waals surface area (Å²) < 4.78 is 20.7. The van der Waals surface area contributed by atoms with Gasteiger partial charge in [-0.05, 0) is 30.2 Å². The van der Waals surface area contributed by atoms with Gasteiger partial charge in [-0.25, -0.2) is 13.5 Å². The first-order valence-corrected chi connectivity index (χ1v) is 14.1. The van der Waals surface area contributed by atoms with Crippen LogP contribution in [0.3, 0.4) is 0 Å². The van der Waals surface area contributed by atoms with Crippen molar-refractivity contribution in [1.82, 2.24) is 14.2 Å².